The van der Waals surface area contributed by atoms with Gasteiger partial charge in [-0.05, 0) is 71.8 Å². The Hall–Kier alpha value is -4.93. The lowest BCUT2D eigenvalue weighted by atomic mass is 9.87. The molecule has 0 aliphatic carbocycles. The molecule has 6 rings (SSSR count). The molecular weight excluding hydrogens is 682 g/mol. The van der Waals surface area contributed by atoms with Crippen LogP contribution in [-0.2, 0) is 22.6 Å². The lowest BCUT2D eigenvalue weighted by Gasteiger charge is -2.29. The van der Waals surface area contributed by atoms with Crippen LogP contribution in [-0.4, -0.2) is 34.4 Å². The average molecular weight is 724 g/mol. The number of thioether (sulfide) groups is 1. The molecule has 0 radical (unpaired) electrons. The Morgan fingerprint density at radius 3 is 2.43 bits per heavy atom. The fraction of sp³-hybridized carbons (Fsp3) is 0.275. The van der Waals surface area contributed by atoms with Crippen molar-refractivity contribution in [3.8, 4) is 17.2 Å². The van der Waals surface area contributed by atoms with Crippen molar-refractivity contribution in [1.82, 2.24) is 14.8 Å². The Morgan fingerprint density at radius 2 is 1.71 bits per heavy atom. The summed E-state index contributed by atoms with van der Waals surface area (Å²) in [6.45, 7) is 11.2. The van der Waals surface area contributed by atoms with Crippen LogP contribution < -0.4 is 24.8 Å². The summed E-state index contributed by atoms with van der Waals surface area (Å²) in [6, 6.07) is 28.6. The second-order valence-electron chi connectivity index (χ2n) is 13.1. The number of benzene rings is 4. The predicted molar refractivity (Wildman–Crippen MR) is 204 cm³/mol. The van der Waals surface area contributed by atoms with Gasteiger partial charge in [0, 0.05) is 16.5 Å². The summed E-state index contributed by atoms with van der Waals surface area (Å²) in [5.74, 6) is 2.50. The van der Waals surface area contributed by atoms with Gasteiger partial charge in [-0.2, -0.15) is 4.98 Å². The summed E-state index contributed by atoms with van der Waals surface area (Å²) in [4.78, 5) is 19.0. The highest BCUT2D eigenvalue weighted by molar-refractivity contribution is 7.98. The average Bonchev–Trinajstić information content (AvgIpc) is 3.52. The van der Waals surface area contributed by atoms with E-state index in [9.17, 15) is 4.79 Å². The Bertz CT molecular complexity index is 2050. The van der Waals surface area contributed by atoms with Crippen LogP contribution in [0.2, 0.25) is 5.02 Å². The summed E-state index contributed by atoms with van der Waals surface area (Å²) in [6.07, 6.45) is 0. The third-order valence-electron chi connectivity index (χ3n) is 8.55. The van der Waals surface area contributed by atoms with Crippen LogP contribution in [0, 0.1) is 0 Å². The van der Waals surface area contributed by atoms with Crippen LogP contribution in [0.3, 0.4) is 0 Å². The number of carbonyl (C=O) groups is 1. The van der Waals surface area contributed by atoms with Gasteiger partial charge in [0.25, 0.3) is 5.91 Å². The van der Waals surface area contributed by atoms with Crippen molar-refractivity contribution in [2.24, 2.45) is 0 Å². The van der Waals surface area contributed by atoms with Gasteiger partial charge in [-0.15, -0.1) is 5.10 Å². The summed E-state index contributed by atoms with van der Waals surface area (Å²) in [5, 5.41) is 12.5. The number of para-hydroxylation sites is 2. The van der Waals surface area contributed by atoms with E-state index in [1.807, 2.05) is 80.6 Å². The maximum atomic E-state index is 14.2. The Morgan fingerprint density at radius 1 is 0.961 bits per heavy atom. The van der Waals surface area contributed by atoms with Gasteiger partial charge in [-0.25, -0.2) is 4.68 Å². The number of halogens is 1. The molecule has 0 spiro atoms. The number of carbonyl (C=O) groups excluding carboxylic acids is 1. The van der Waals surface area contributed by atoms with Crippen LogP contribution in [0.25, 0.3) is 0 Å². The van der Waals surface area contributed by atoms with Gasteiger partial charge >= 0.3 is 0 Å². The van der Waals surface area contributed by atoms with Crippen molar-refractivity contribution in [2.45, 2.75) is 63.6 Å². The predicted octanol–water partition coefficient (Wildman–Crippen LogP) is 9.44. The zero-order chi connectivity index (χ0) is 36.1. The van der Waals surface area contributed by atoms with Crippen LogP contribution >= 0.6 is 23.4 Å². The molecule has 4 aromatic carbocycles. The number of ether oxygens (including phenoxy) is 3. The maximum Gasteiger partial charge on any atom is 0.255 e. The SMILES string of the molecule is CCOc1ccccc1NC(=O)C1=C(C)Nc2nc(SCc3ccccc3Cl)nn2C1c1ccc(OCc2ccc(C(C)(C)C)cc2)c(OC)c1. The van der Waals surface area contributed by atoms with Crippen molar-refractivity contribution in [2.75, 3.05) is 24.4 Å². The van der Waals surface area contributed by atoms with Gasteiger partial charge in [0.2, 0.25) is 11.1 Å². The molecule has 9 nitrogen and oxygen atoms in total. The highest BCUT2D eigenvalue weighted by Crippen LogP contribution is 2.41. The molecule has 0 fully saturated rings. The van der Waals surface area contributed by atoms with Gasteiger partial charge in [-0.3, -0.25) is 4.79 Å². The molecule has 51 heavy (non-hydrogen) atoms. The number of hydrogen-bond donors (Lipinski definition) is 2. The fourth-order valence-corrected chi connectivity index (χ4v) is 6.94. The van der Waals surface area contributed by atoms with Gasteiger partial charge in [0.15, 0.2) is 11.5 Å². The van der Waals surface area contributed by atoms with Gasteiger partial charge in [0.05, 0.1) is 25.0 Å². The van der Waals surface area contributed by atoms with Crippen LogP contribution in [0.5, 0.6) is 17.2 Å². The minimum absolute atomic E-state index is 0.0708. The third kappa shape index (κ3) is 8.18. The first-order valence-corrected chi connectivity index (χ1v) is 18.2. The molecule has 5 aromatic rings. The van der Waals surface area contributed by atoms with Crippen LogP contribution in [0.4, 0.5) is 11.6 Å². The molecule has 2 N–H and O–H groups in total. The number of anilines is 2. The zero-order valence-electron chi connectivity index (χ0n) is 29.6. The van der Waals surface area contributed by atoms with Crippen LogP contribution in [0.1, 0.15) is 62.9 Å². The first-order valence-electron chi connectivity index (χ1n) is 16.8. The van der Waals surface area contributed by atoms with E-state index < -0.39 is 6.04 Å². The van der Waals surface area contributed by atoms with Gasteiger partial charge in [0.1, 0.15) is 18.4 Å². The van der Waals surface area contributed by atoms with E-state index in [-0.39, 0.29) is 11.3 Å². The molecule has 2 heterocycles. The van der Waals surface area contributed by atoms with E-state index in [0.717, 1.165) is 16.7 Å². The fourth-order valence-electron chi connectivity index (χ4n) is 5.83. The molecule has 0 saturated heterocycles. The largest absolute Gasteiger partial charge is 0.493 e. The second kappa shape index (κ2) is 15.5. The second-order valence-corrected chi connectivity index (χ2v) is 14.5. The zero-order valence-corrected chi connectivity index (χ0v) is 31.2. The number of nitrogens with zero attached hydrogens (tertiary/aromatic N) is 3. The number of nitrogens with one attached hydrogen (secondary N) is 2. The van der Waals surface area contributed by atoms with E-state index in [1.54, 1.807) is 11.8 Å². The topological polar surface area (TPSA) is 99.5 Å². The normalized spacial score (nSPS) is 14.1. The van der Waals surface area contributed by atoms with E-state index >= 15 is 0 Å². The number of methoxy groups -OCH3 is 1. The molecule has 1 aliphatic heterocycles. The lowest BCUT2D eigenvalue weighted by Crippen LogP contribution is -2.31. The number of rotatable bonds is 12. The van der Waals surface area contributed by atoms with E-state index in [0.29, 0.717) is 69.3 Å². The first kappa shape index (κ1) is 35.9. The monoisotopic (exact) mass is 723 g/mol. The van der Waals surface area contributed by atoms with Crippen molar-refractivity contribution >= 4 is 40.9 Å². The Kier molecular flexibility index (Phi) is 10.9. The van der Waals surface area contributed by atoms with E-state index in [1.165, 1.54) is 17.3 Å². The number of allylic oxidation sites excluding steroid dienone is 1. The number of aromatic nitrogens is 3. The quantitative estimate of drug-likeness (QED) is 0.123. The molecular formula is C40H42ClN5O4S. The minimum atomic E-state index is -0.643. The minimum Gasteiger partial charge on any atom is -0.493 e. The standard InChI is InChI=1S/C40H42ClN5O4S/c1-7-49-32-15-11-10-14-31(32)43-37(47)35-25(2)42-38-44-39(51-24-28-12-8-9-13-30(28)41)45-46(38)36(35)27-18-21-33(34(22-27)48-6)50-23-26-16-19-29(20-17-26)40(3,4)5/h8-22,36H,7,23-24H2,1-6H3,(H,43,47)(H,42,44,45). The maximum absolute atomic E-state index is 14.2. The Balaban J connectivity index is 1.33. The summed E-state index contributed by atoms with van der Waals surface area (Å²) in [5.41, 5.74) is 5.81. The van der Waals surface area contributed by atoms with Crippen molar-refractivity contribution in [3.63, 3.8) is 0 Å². The molecule has 1 aromatic heterocycles. The summed E-state index contributed by atoms with van der Waals surface area (Å²) < 4.78 is 19.6. The van der Waals surface area contributed by atoms with Crippen molar-refractivity contribution < 1.29 is 19.0 Å². The summed E-state index contributed by atoms with van der Waals surface area (Å²) in [7, 11) is 1.61. The van der Waals surface area contributed by atoms with E-state index in [4.69, 9.17) is 35.9 Å². The molecule has 11 heteroatoms. The summed E-state index contributed by atoms with van der Waals surface area (Å²) >= 11 is 7.90. The Labute approximate surface area is 308 Å². The number of amides is 1. The highest BCUT2D eigenvalue weighted by Gasteiger charge is 2.35. The molecule has 1 unspecified atom stereocenters. The smallest absolute Gasteiger partial charge is 0.255 e. The molecule has 264 valence electrons. The first-order chi connectivity index (χ1) is 24.5. The van der Waals surface area contributed by atoms with Gasteiger partial charge < -0.3 is 24.8 Å². The van der Waals surface area contributed by atoms with Crippen molar-refractivity contribution in [3.05, 3.63) is 130 Å². The highest BCUT2D eigenvalue weighted by atomic mass is 35.5. The molecule has 1 aliphatic rings. The molecule has 0 saturated carbocycles. The van der Waals surface area contributed by atoms with Gasteiger partial charge in [-0.1, -0.05) is 105 Å². The van der Waals surface area contributed by atoms with Crippen molar-refractivity contribution in [1.29, 1.82) is 0 Å². The molecule has 1 amide bonds. The third-order valence-corrected chi connectivity index (χ3v) is 9.80. The number of fused-ring (bicyclic) bond motifs is 1. The lowest BCUT2D eigenvalue weighted by molar-refractivity contribution is -0.113. The van der Waals surface area contributed by atoms with E-state index in [2.05, 4.69) is 55.7 Å². The molecule has 1 atom stereocenters. The van der Waals surface area contributed by atoms with Crippen LogP contribution in [0.15, 0.2) is 107 Å². The molecule has 0 bridgehead atoms. The number of hydrogen-bond acceptors (Lipinski definition) is 8.